The van der Waals surface area contributed by atoms with E-state index < -0.39 is 71.6 Å². The molecule has 1 aliphatic heterocycles. The number of carbonyl (C=O) groups excluding carboxylic acids is 2. The van der Waals surface area contributed by atoms with Crippen LogP contribution in [-0.2, 0) is 23.9 Å². The van der Waals surface area contributed by atoms with Gasteiger partial charge in [-0.15, -0.1) is 0 Å². The van der Waals surface area contributed by atoms with Crippen LogP contribution in [0.25, 0.3) is 0 Å². The molecule has 1 saturated heterocycles. The summed E-state index contributed by atoms with van der Waals surface area (Å²) in [5.41, 5.74) is -2.29. The van der Waals surface area contributed by atoms with Crippen LogP contribution in [0.1, 0.15) is 46.0 Å². The van der Waals surface area contributed by atoms with Crippen molar-refractivity contribution in [3.8, 4) is 0 Å². The van der Waals surface area contributed by atoms with E-state index in [9.17, 15) is 45.0 Å². The summed E-state index contributed by atoms with van der Waals surface area (Å²) in [4.78, 5) is 36.8. The Bertz CT molecular complexity index is 1080. The first-order valence-corrected chi connectivity index (χ1v) is 13.2. The summed E-state index contributed by atoms with van der Waals surface area (Å²) in [6, 6.07) is 0. The van der Waals surface area contributed by atoms with Gasteiger partial charge in [-0.1, -0.05) is 25.5 Å². The first-order chi connectivity index (χ1) is 17.7. The molecular formula is C27H36O11. The molecule has 4 aliphatic carbocycles. The van der Waals surface area contributed by atoms with Crippen LogP contribution < -0.4 is 0 Å². The van der Waals surface area contributed by atoms with E-state index in [1.54, 1.807) is 12.2 Å². The minimum absolute atomic E-state index is 0.0166. The zero-order valence-electron chi connectivity index (χ0n) is 21.4. The third-order valence-corrected chi connectivity index (χ3v) is 10.3. The third kappa shape index (κ3) is 3.86. The Morgan fingerprint density at radius 3 is 2.50 bits per heavy atom. The number of aliphatic hydroxyl groups excluding tert-OH is 4. The molecule has 1 heterocycles. The molecule has 6 N–H and O–H groups in total. The molecule has 38 heavy (non-hydrogen) atoms. The van der Waals surface area contributed by atoms with Crippen LogP contribution in [0.4, 0.5) is 0 Å². The molecule has 11 heteroatoms. The molecule has 5 aliphatic rings. The van der Waals surface area contributed by atoms with E-state index in [1.165, 1.54) is 0 Å². The maximum absolute atomic E-state index is 13.5. The van der Waals surface area contributed by atoms with Crippen LogP contribution >= 0.6 is 0 Å². The molecule has 12 atom stereocenters. The van der Waals surface area contributed by atoms with Crippen molar-refractivity contribution in [3.05, 3.63) is 23.8 Å². The Morgan fingerprint density at radius 1 is 1.11 bits per heavy atom. The number of carboxylic acids is 1. The van der Waals surface area contributed by atoms with E-state index in [1.807, 2.05) is 19.9 Å². The largest absolute Gasteiger partial charge is 0.479 e. The number of Topliss-reactive ketones (excluding diaryl/α,β-unsaturated/α-hetero) is 1. The van der Waals surface area contributed by atoms with Crippen LogP contribution in [0.15, 0.2) is 23.8 Å². The van der Waals surface area contributed by atoms with Crippen molar-refractivity contribution in [1.82, 2.24) is 0 Å². The fourth-order valence-electron chi connectivity index (χ4n) is 8.26. The lowest BCUT2D eigenvalue weighted by Gasteiger charge is -2.59. The number of fused-ring (bicyclic) bond motifs is 5. The quantitative estimate of drug-likeness (QED) is 0.265. The minimum Gasteiger partial charge on any atom is -0.479 e. The van der Waals surface area contributed by atoms with Crippen molar-refractivity contribution in [2.45, 2.75) is 88.4 Å². The van der Waals surface area contributed by atoms with Crippen molar-refractivity contribution < 1.29 is 54.5 Å². The van der Waals surface area contributed by atoms with Gasteiger partial charge in [0.25, 0.3) is 0 Å². The Hall–Kier alpha value is -1.99. The number of aliphatic carboxylic acids is 1. The predicted octanol–water partition coefficient (Wildman–Crippen LogP) is -0.526. The summed E-state index contributed by atoms with van der Waals surface area (Å²) >= 11 is 0. The second kappa shape index (κ2) is 9.29. The molecule has 5 rings (SSSR count). The molecule has 210 valence electrons. The second-order valence-electron chi connectivity index (χ2n) is 12.1. The summed E-state index contributed by atoms with van der Waals surface area (Å²) in [5.74, 6) is -2.54. The summed E-state index contributed by atoms with van der Waals surface area (Å²) in [7, 11) is 0. The summed E-state index contributed by atoms with van der Waals surface area (Å²) in [6.07, 6.45) is -2.60. The van der Waals surface area contributed by atoms with Crippen LogP contribution in [0.2, 0.25) is 0 Å². The third-order valence-electron chi connectivity index (χ3n) is 10.3. The molecule has 11 nitrogen and oxygen atoms in total. The van der Waals surface area contributed by atoms with Crippen LogP contribution in [0, 0.1) is 28.6 Å². The SMILES string of the molecule is C[C@]12C=CC(=O)C=C1CC[C@@H]1[C@@H]2[C@H](O)C[C@]2(C)[C@@H]1CC[C@]2(O)C(=O)CO[C@H]1O[C@@H](C(=O)O)[C@H](O)[C@@H](O)[C@@H]1O. The highest BCUT2D eigenvalue weighted by Crippen LogP contribution is 2.67. The number of carbonyl (C=O) groups is 3. The van der Waals surface area contributed by atoms with Crippen molar-refractivity contribution in [2.24, 2.45) is 28.6 Å². The summed E-state index contributed by atoms with van der Waals surface area (Å²) in [5, 5.41) is 62.5. The van der Waals surface area contributed by atoms with Gasteiger partial charge in [-0.2, -0.15) is 0 Å². The Balaban J connectivity index is 1.34. The summed E-state index contributed by atoms with van der Waals surface area (Å²) in [6.45, 7) is 3.12. The van der Waals surface area contributed by atoms with E-state index >= 15 is 0 Å². The number of hydrogen-bond donors (Lipinski definition) is 6. The van der Waals surface area contributed by atoms with E-state index in [-0.39, 0.29) is 36.4 Å². The van der Waals surface area contributed by atoms with Gasteiger partial charge in [-0.05, 0) is 56.1 Å². The highest BCUT2D eigenvalue weighted by atomic mass is 16.7. The van der Waals surface area contributed by atoms with E-state index in [2.05, 4.69) is 0 Å². The smallest absolute Gasteiger partial charge is 0.335 e. The molecule has 0 unspecified atom stereocenters. The molecule has 0 bridgehead atoms. The molecule has 0 aromatic carbocycles. The fraction of sp³-hybridized carbons (Fsp3) is 0.741. The van der Waals surface area contributed by atoms with E-state index in [0.29, 0.717) is 12.8 Å². The first kappa shape index (κ1) is 27.6. The second-order valence-corrected chi connectivity index (χ2v) is 12.1. The van der Waals surface area contributed by atoms with Gasteiger partial charge in [0.15, 0.2) is 24.0 Å². The molecule has 0 amide bonds. The van der Waals surface area contributed by atoms with E-state index in [0.717, 1.165) is 12.0 Å². The number of hydrogen-bond acceptors (Lipinski definition) is 10. The molecule has 4 fully saturated rings. The number of ketones is 2. The Kier molecular flexibility index (Phi) is 6.74. The molecule has 0 radical (unpaired) electrons. The highest BCUT2D eigenvalue weighted by Gasteiger charge is 2.68. The van der Waals surface area contributed by atoms with Crippen molar-refractivity contribution in [1.29, 1.82) is 0 Å². The lowest BCUT2D eigenvalue weighted by atomic mass is 9.46. The molecular weight excluding hydrogens is 500 g/mol. The zero-order valence-corrected chi connectivity index (χ0v) is 21.4. The number of carboxylic acid groups (broad SMARTS) is 1. The maximum atomic E-state index is 13.5. The van der Waals surface area contributed by atoms with Crippen LogP contribution in [-0.4, -0.2) is 97.2 Å². The molecule has 3 saturated carbocycles. The standard InChI is InChI=1S/C27H36O11/c1-25-7-5-13(28)9-12(25)3-4-14-15-6-8-27(36,26(15,2)10-16(29)18(14)25)17(30)11-37-24-21(33)19(31)20(32)22(38-24)23(34)35/h5,7,9,14-16,18-22,24,29,31-33,36H,3-4,6,8,10-11H2,1-2H3,(H,34,35)/t14-,15+,16+,18+,19+,20+,21-,22+,24-,25-,26+,27-/m0/s1. The monoisotopic (exact) mass is 536 g/mol. The minimum atomic E-state index is -1.89. The predicted molar refractivity (Wildman–Crippen MR) is 128 cm³/mol. The molecule has 0 aromatic heterocycles. The van der Waals surface area contributed by atoms with E-state index in [4.69, 9.17) is 9.47 Å². The average molecular weight is 537 g/mol. The highest BCUT2D eigenvalue weighted by molar-refractivity contribution is 6.01. The van der Waals surface area contributed by atoms with Gasteiger partial charge in [-0.25, -0.2) is 4.79 Å². The van der Waals surface area contributed by atoms with Gasteiger partial charge in [0.05, 0.1) is 6.10 Å². The van der Waals surface area contributed by atoms with Crippen LogP contribution in [0.3, 0.4) is 0 Å². The van der Waals surface area contributed by atoms with Gasteiger partial charge in [0.1, 0.15) is 30.5 Å². The van der Waals surface area contributed by atoms with Gasteiger partial charge in [-0.3, -0.25) is 9.59 Å². The van der Waals surface area contributed by atoms with Gasteiger partial charge < -0.3 is 40.1 Å². The number of allylic oxidation sites excluding steroid dienone is 4. The normalized spacial score (nSPS) is 50.0. The topological polar surface area (TPSA) is 191 Å². The Morgan fingerprint density at radius 2 is 1.82 bits per heavy atom. The van der Waals surface area contributed by atoms with Gasteiger partial charge in [0, 0.05) is 16.7 Å². The first-order valence-electron chi connectivity index (χ1n) is 13.2. The fourth-order valence-corrected chi connectivity index (χ4v) is 8.26. The Labute approximate surface area is 219 Å². The van der Waals surface area contributed by atoms with Crippen molar-refractivity contribution >= 4 is 17.5 Å². The van der Waals surface area contributed by atoms with Gasteiger partial charge >= 0.3 is 5.97 Å². The van der Waals surface area contributed by atoms with Crippen molar-refractivity contribution in [3.63, 3.8) is 0 Å². The molecule has 0 aromatic rings. The lowest BCUT2D eigenvalue weighted by molar-refractivity contribution is -0.293. The van der Waals surface area contributed by atoms with Gasteiger partial charge in [0.2, 0.25) is 0 Å². The number of aliphatic hydroxyl groups is 5. The maximum Gasteiger partial charge on any atom is 0.335 e. The average Bonchev–Trinajstić information content (AvgIpc) is 3.13. The number of ether oxygens (including phenoxy) is 2. The van der Waals surface area contributed by atoms with Crippen molar-refractivity contribution in [2.75, 3.05) is 6.61 Å². The zero-order chi connectivity index (χ0) is 27.8. The number of rotatable bonds is 5. The molecule has 0 spiro atoms. The lowest BCUT2D eigenvalue weighted by Crippen LogP contribution is -2.62. The van der Waals surface area contributed by atoms with Crippen LogP contribution in [0.5, 0.6) is 0 Å². The summed E-state index contributed by atoms with van der Waals surface area (Å²) < 4.78 is 10.4.